The van der Waals surface area contributed by atoms with Crippen molar-refractivity contribution in [2.75, 3.05) is 19.7 Å². The monoisotopic (exact) mass is 169 g/mol. The summed E-state index contributed by atoms with van der Waals surface area (Å²) < 4.78 is 0. The summed E-state index contributed by atoms with van der Waals surface area (Å²) in [5.41, 5.74) is 0. The van der Waals surface area contributed by atoms with Gasteiger partial charge in [0.05, 0.1) is 0 Å². The van der Waals surface area contributed by atoms with Crippen LogP contribution in [0.3, 0.4) is 0 Å². The molecule has 0 aromatic heterocycles. The molecule has 0 bridgehead atoms. The zero-order valence-corrected chi connectivity index (χ0v) is 7.63. The van der Waals surface area contributed by atoms with Gasteiger partial charge in [0.15, 0.2) is 0 Å². The highest BCUT2D eigenvalue weighted by Crippen LogP contribution is 2.39. The summed E-state index contributed by atoms with van der Waals surface area (Å²) in [6.45, 7) is 2.78. The van der Waals surface area contributed by atoms with Crippen LogP contribution in [0.15, 0.2) is 0 Å². The summed E-state index contributed by atoms with van der Waals surface area (Å²) >= 11 is 0. The van der Waals surface area contributed by atoms with Gasteiger partial charge in [-0.15, -0.1) is 0 Å². The molecule has 2 heteroatoms. The molecule has 12 heavy (non-hydrogen) atoms. The van der Waals surface area contributed by atoms with Gasteiger partial charge < -0.3 is 10.4 Å². The van der Waals surface area contributed by atoms with Crippen LogP contribution in [0.4, 0.5) is 0 Å². The Hall–Kier alpha value is -0.0800. The van der Waals surface area contributed by atoms with Crippen molar-refractivity contribution >= 4 is 0 Å². The van der Waals surface area contributed by atoms with Crippen molar-refractivity contribution in [3.8, 4) is 0 Å². The molecule has 0 spiro atoms. The smallest absolute Gasteiger partial charge is 0.0433 e. The summed E-state index contributed by atoms with van der Waals surface area (Å²) in [5, 5.41) is 12.3. The van der Waals surface area contributed by atoms with Crippen molar-refractivity contribution in [3.63, 3.8) is 0 Å². The molecule has 1 atom stereocenters. The van der Waals surface area contributed by atoms with E-state index in [1.54, 1.807) is 0 Å². The molecule has 0 radical (unpaired) electrons. The average molecular weight is 169 g/mol. The first kappa shape index (κ1) is 8.52. The summed E-state index contributed by atoms with van der Waals surface area (Å²) in [5.74, 6) is 2.65. The van der Waals surface area contributed by atoms with E-state index in [1.807, 2.05) is 0 Å². The second kappa shape index (κ2) is 3.75. The van der Waals surface area contributed by atoms with E-state index in [1.165, 1.54) is 32.4 Å². The van der Waals surface area contributed by atoms with Gasteiger partial charge in [0.25, 0.3) is 0 Å². The number of nitrogens with one attached hydrogen (secondary N) is 1. The van der Waals surface area contributed by atoms with Crippen LogP contribution in [0.5, 0.6) is 0 Å². The van der Waals surface area contributed by atoms with E-state index in [-0.39, 0.29) is 0 Å². The van der Waals surface area contributed by atoms with Crippen LogP contribution in [0.25, 0.3) is 0 Å². The predicted molar refractivity (Wildman–Crippen MR) is 48.9 cm³/mol. The summed E-state index contributed by atoms with van der Waals surface area (Å²) in [6, 6.07) is 0. The average Bonchev–Trinajstić information content (AvgIpc) is 1.79. The lowest BCUT2D eigenvalue weighted by atomic mass is 9.68. The Morgan fingerprint density at radius 1 is 1.25 bits per heavy atom. The minimum atomic E-state index is 0.387. The first-order chi connectivity index (χ1) is 5.92. The number of aliphatic hydroxyl groups excluding tert-OH is 1. The van der Waals surface area contributed by atoms with Crippen molar-refractivity contribution in [2.24, 2.45) is 17.8 Å². The van der Waals surface area contributed by atoms with Gasteiger partial charge in [0.2, 0.25) is 0 Å². The largest absolute Gasteiger partial charge is 0.396 e. The Morgan fingerprint density at radius 2 is 2.00 bits per heavy atom. The normalized spacial score (nSPS) is 27.8. The number of aliphatic hydroxyl groups is 1. The lowest BCUT2D eigenvalue weighted by Gasteiger charge is -2.42. The minimum absolute atomic E-state index is 0.387. The molecule has 0 aromatic carbocycles. The Bertz CT molecular complexity index is 127. The molecule has 2 aliphatic rings. The Kier molecular flexibility index (Phi) is 2.66. The third-order valence-corrected chi connectivity index (χ3v) is 3.64. The van der Waals surface area contributed by atoms with Crippen LogP contribution in [-0.4, -0.2) is 24.8 Å². The molecule has 2 N–H and O–H groups in total. The molecule has 1 aliphatic carbocycles. The topological polar surface area (TPSA) is 32.3 Å². The maximum atomic E-state index is 8.95. The van der Waals surface area contributed by atoms with Gasteiger partial charge in [-0.1, -0.05) is 19.3 Å². The molecule has 2 nitrogen and oxygen atoms in total. The van der Waals surface area contributed by atoms with E-state index in [9.17, 15) is 0 Å². The molecule has 1 heterocycles. The number of hydrogen-bond acceptors (Lipinski definition) is 2. The predicted octanol–water partition coefficient (Wildman–Crippen LogP) is 1.00. The molecule has 1 unspecified atom stereocenters. The van der Waals surface area contributed by atoms with Crippen molar-refractivity contribution in [3.05, 3.63) is 0 Å². The van der Waals surface area contributed by atoms with Crippen molar-refractivity contribution in [1.29, 1.82) is 0 Å². The van der Waals surface area contributed by atoms with E-state index >= 15 is 0 Å². The molecule has 70 valence electrons. The van der Waals surface area contributed by atoms with E-state index in [4.69, 9.17) is 5.11 Å². The molecule has 2 fully saturated rings. The molecular formula is C10H19NO. The highest BCUT2D eigenvalue weighted by molar-refractivity contribution is 4.88. The molecule has 1 saturated carbocycles. The van der Waals surface area contributed by atoms with E-state index < -0.39 is 0 Å². The lowest BCUT2D eigenvalue weighted by Crippen LogP contribution is -2.49. The van der Waals surface area contributed by atoms with Crippen LogP contribution in [0, 0.1) is 17.8 Å². The molecule has 1 saturated heterocycles. The Labute approximate surface area is 74.4 Å². The van der Waals surface area contributed by atoms with Gasteiger partial charge in [-0.25, -0.2) is 0 Å². The second-order valence-electron chi connectivity index (χ2n) is 4.29. The van der Waals surface area contributed by atoms with Crippen molar-refractivity contribution in [2.45, 2.75) is 25.7 Å². The van der Waals surface area contributed by atoms with Gasteiger partial charge >= 0.3 is 0 Å². The molecule has 0 amide bonds. The third-order valence-electron chi connectivity index (χ3n) is 3.64. The fourth-order valence-electron chi connectivity index (χ4n) is 2.49. The zero-order valence-electron chi connectivity index (χ0n) is 7.63. The van der Waals surface area contributed by atoms with Crippen molar-refractivity contribution < 1.29 is 5.11 Å². The fraction of sp³-hybridized carbons (Fsp3) is 1.00. The van der Waals surface area contributed by atoms with Crippen molar-refractivity contribution in [1.82, 2.24) is 5.32 Å². The third kappa shape index (κ3) is 1.50. The number of hydrogen-bond donors (Lipinski definition) is 2. The van der Waals surface area contributed by atoms with E-state index in [2.05, 4.69) is 5.32 Å². The van der Waals surface area contributed by atoms with Crippen LogP contribution >= 0.6 is 0 Å². The molecule has 1 aliphatic heterocycles. The minimum Gasteiger partial charge on any atom is -0.396 e. The van der Waals surface area contributed by atoms with Gasteiger partial charge in [-0.05, 0) is 37.3 Å². The first-order valence-corrected chi connectivity index (χ1v) is 5.23. The van der Waals surface area contributed by atoms with Gasteiger partial charge in [-0.3, -0.25) is 0 Å². The molecular weight excluding hydrogens is 150 g/mol. The Morgan fingerprint density at radius 3 is 2.33 bits per heavy atom. The molecule has 0 aromatic rings. The van der Waals surface area contributed by atoms with Crippen LogP contribution < -0.4 is 5.32 Å². The quantitative estimate of drug-likeness (QED) is 0.658. The summed E-state index contributed by atoms with van der Waals surface area (Å²) in [6.07, 6.45) is 5.30. The van der Waals surface area contributed by atoms with Crippen LogP contribution in [0.1, 0.15) is 25.7 Å². The van der Waals surface area contributed by atoms with Crippen LogP contribution in [0.2, 0.25) is 0 Å². The SMILES string of the molecule is OCCC(C1CCC1)C1CNC1. The van der Waals surface area contributed by atoms with Gasteiger partial charge in [0, 0.05) is 6.61 Å². The lowest BCUT2D eigenvalue weighted by molar-refractivity contribution is 0.0822. The zero-order chi connectivity index (χ0) is 8.39. The van der Waals surface area contributed by atoms with Gasteiger partial charge in [-0.2, -0.15) is 0 Å². The Balaban J connectivity index is 1.82. The number of rotatable bonds is 4. The van der Waals surface area contributed by atoms with E-state index in [0.29, 0.717) is 6.61 Å². The second-order valence-corrected chi connectivity index (χ2v) is 4.29. The maximum Gasteiger partial charge on any atom is 0.0433 e. The fourth-order valence-corrected chi connectivity index (χ4v) is 2.49. The molecule has 2 rings (SSSR count). The summed E-state index contributed by atoms with van der Waals surface area (Å²) in [7, 11) is 0. The highest BCUT2D eigenvalue weighted by Gasteiger charge is 2.35. The standard InChI is InChI=1S/C10H19NO/c12-5-4-10(8-2-1-3-8)9-6-11-7-9/h8-12H,1-7H2. The first-order valence-electron chi connectivity index (χ1n) is 5.23. The van der Waals surface area contributed by atoms with E-state index in [0.717, 1.165) is 24.2 Å². The maximum absolute atomic E-state index is 8.95. The van der Waals surface area contributed by atoms with Gasteiger partial charge in [0.1, 0.15) is 0 Å². The van der Waals surface area contributed by atoms with Crippen LogP contribution in [-0.2, 0) is 0 Å². The summed E-state index contributed by atoms with van der Waals surface area (Å²) in [4.78, 5) is 0. The highest BCUT2D eigenvalue weighted by atomic mass is 16.3.